The van der Waals surface area contributed by atoms with E-state index in [-0.39, 0.29) is 5.78 Å². The number of carbonyl (C=O) groups is 1. The first kappa shape index (κ1) is 19.3. The van der Waals surface area contributed by atoms with Crippen LogP contribution in [0.4, 0.5) is 0 Å². The largest absolute Gasteiger partial charge is 0.493 e. The van der Waals surface area contributed by atoms with E-state index in [1.54, 1.807) is 34.5 Å². The number of hydrogen-bond donors (Lipinski definition) is 0. The van der Waals surface area contributed by atoms with E-state index in [1.807, 2.05) is 24.3 Å². The predicted octanol–water partition coefficient (Wildman–Crippen LogP) is 4.70. The highest BCUT2D eigenvalue weighted by atomic mass is 79.9. The number of ketones is 1. The number of hydrogen-bond acceptors (Lipinski definition) is 5. The number of benzene rings is 2. The first-order valence-corrected chi connectivity index (χ1v) is 9.23. The molecule has 0 radical (unpaired) electrons. The second-order valence-electron chi connectivity index (χ2n) is 6.10. The minimum absolute atomic E-state index is 0.00288. The van der Waals surface area contributed by atoms with Crippen LogP contribution in [0.15, 0.2) is 34.3 Å². The van der Waals surface area contributed by atoms with Crippen molar-refractivity contribution in [2.75, 3.05) is 28.4 Å². The highest BCUT2D eigenvalue weighted by Crippen LogP contribution is 2.39. The average Bonchev–Trinajstić information content (AvgIpc) is 2.68. The first-order chi connectivity index (χ1) is 13.0. The van der Waals surface area contributed by atoms with Gasteiger partial charge in [0.15, 0.2) is 28.8 Å². The Hall–Kier alpha value is -2.47. The van der Waals surface area contributed by atoms with Gasteiger partial charge in [-0.3, -0.25) is 4.79 Å². The number of halogens is 1. The molecule has 5 nitrogen and oxygen atoms in total. The Kier molecular flexibility index (Phi) is 5.75. The normalized spacial score (nSPS) is 14.7. The van der Waals surface area contributed by atoms with Crippen LogP contribution in [0.5, 0.6) is 23.0 Å². The third-order valence-electron chi connectivity index (χ3n) is 4.61. The van der Waals surface area contributed by atoms with Gasteiger partial charge in [-0.05, 0) is 70.2 Å². The van der Waals surface area contributed by atoms with Crippen LogP contribution < -0.4 is 18.9 Å². The molecule has 0 heterocycles. The molecule has 3 rings (SSSR count). The van der Waals surface area contributed by atoms with Crippen LogP contribution in [-0.4, -0.2) is 34.2 Å². The molecule has 0 bridgehead atoms. The van der Waals surface area contributed by atoms with Crippen molar-refractivity contribution in [3.05, 3.63) is 51.0 Å². The van der Waals surface area contributed by atoms with Crippen molar-refractivity contribution in [3.63, 3.8) is 0 Å². The number of rotatable bonds is 5. The number of methoxy groups -OCH3 is 4. The van der Waals surface area contributed by atoms with Crippen LogP contribution in [0.1, 0.15) is 27.9 Å². The molecule has 0 aliphatic heterocycles. The fourth-order valence-corrected chi connectivity index (χ4v) is 3.88. The number of fused-ring (bicyclic) bond motifs is 1. The summed E-state index contributed by atoms with van der Waals surface area (Å²) in [4.78, 5) is 13.0. The van der Waals surface area contributed by atoms with E-state index < -0.39 is 0 Å². The number of Topliss-reactive ketones (excluding diaryl/α,β-unsaturated/α-hetero) is 1. The van der Waals surface area contributed by atoms with E-state index in [1.165, 1.54) is 0 Å². The zero-order valence-electron chi connectivity index (χ0n) is 15.7. The molecular formula is C21H21BrO5. The average molecular weight is 433 g/mol. The van der Waals surface area contributed by atoms with Crippen molar-refractivity contribution in [1.29, 1.82) is 0 Å². The molecular weight excluding hydrogens is 412 g/mol. The molecule has 6 heteroatoms. The molecule has 27 heavy (non-hydrogen) atoms. The van der Waals surface area contributed by atoms with Gasteiger partial charge in [0.1, 0.15) is 0 Å². The van der Waals surface area contributed by atoms with Gasteiger partial charge in [0, 0.05) is 11.1 Å². The Labute approximate surface area is 167 Å². The Morgan fingerprint density at radius 2 is 1.52 bits per heavy atom. The number of aryl methyl sites for hydroxylation is 1. The van der Waals surface area contributed by atoms with Gasteiger partial charge in [0.25, 0.3) is 0 Å². The molecule has 0 saturated heterocycles. The Balaban J connectivity index is 2.01. The van der Waals surface area contributed by atoms with Crippen LogP contribution in [-0.2, 0) is 6.42 Å². The lowest BCUT2D eigenvalue weighted by atomic mass is 9.85. The third-order valence-corrected chi connectivity index (χ3v) is 5.20. The van der Waals surface area contributed by atoms with Crippen molar-refractivity contribution in [2.24, 2.45) is 0 Å². The van der Waals surface area contributed by atoms with E-state index >= 15 is 0 Å². The van der Waals surface area contributed by atoms with Crippen LogP contribution in [0.3, 0.4) is 0 Å². The maximum absolute atomic E-state index is 13.0. The fourth-order valence-electron chi connectivity index (χ4n) is 3.26. The molecule has 1 aliphatic rings. The van der Waals surface area contributed by atoms with E-state index in [4.69, 9.17) is 18.9 Å². The summed E-state index contributed by atoms with van der Waals surface area (Å²) >= 11 is 3.49. The second-order valence-corrected chi connectivity index (χ2v) is 6.96. The first-order valence-electron chi connectivity index (χ1n) is 8.44. The third kappa shape index (κ3) is 3.67. The summed E-state index contributed by atoms with van der Waals surface area (Å²) < 4.78 is 22.2. The Morgan fingerprint density at radius 1 is 0.852 bits per heavy atom. The molecule has 1 aliphatic carbocycles. The van der Waals surface area contributed by atoms with E-state index in [0.29, 0.717) is 35.0 Å². The van der Waals surface area contributed by atoms with Crippen molar-refractivity contribution < 1.29 is 23.7 Å². The van der Waals surface area contributed by atoms with Gasteiger partial charge in [-0.25, -0.2) is 0 Å². The highest BCUT2D eigenvalue weighted by molar-refractivity contribution is 9.10. The summed E-state index contributed by atoms with van der Waals surface area (Å²) in [6.45, 7) is 0. The van der Waals surface area contributed by atoms with Gasteiger partial charge >= 0.3 is 0 Å². The van der Waals surface area contributed by atoms with Crippen molar-refractivity contribution >= 4 is 27.8 Å². The maximum atomic E-state index is 13.0. The molecule has 2 aromatic carbocycles. The second kappa shape index (κ2) is 8.05. The summed E-state index contributed by atoms with van der Waals surface area (Å²) in [7, 11) is 6.33. The van der Waals surface area contributed by atoms with Crippen LogP contribution >= 0.6 is 15.9 Å². The highest BCUT2D eigenvalue weighted by Gasteiger charge is 2.24. The summed E-state index contributed by atoms with van der Waals surface area (Å²) in [5, 5.41) is 0. The van der Waals surface area contributed by atoms with Crippen LogP contribution in [0, 0.1) is 0 Å². The van der Waals surface area contributed by atoms with Gasteiger partial charge in [0.2, 0.25) is 0 Å². The van der Waals surface area contributed by atoms with Gasteiger partial charge in [-0.2, -0.15) is 0 Å². The molecule has 0 saturated carbocycles. The monoisotopic (exact) mass is 432 g/mol. The van der Waals surface area contributed by atoms with E-state index in [0.717, 1.165) is 27.6 Å². The summed E-state index contributed by atoms with van der Waals surface area (Å²) in [5.41, 5.74) is 3.24. The summed E-state index contributed by atoms with van der Waals surface area (Å²) in [6, 6.07) is 7.41. The Bertz CT molecular complexity index is 917. The smallest absolute Gasteiger partial charge is 0.189 e. The minimum Gasteiger partial charge on any atom is -0.493 e. The van der Waals surface area contributed by atoms with E-state index in [2.05, 4.69) is 15.9 Å². The fraction of sp³-hybridized carbons (Fsp3) is 0.286. The molecule has 0 amide bonds. The topological polar surface area (TPSA) is 54.0 Å². The van der Waals surface area contributed by atoms with E-state index in [9.17, 15) is 4.79 Å². The molecule has 0 atom stereocenters. The summed E-state index contributed by atoms with van der Waals surface area (Å²) in [6.07, 6.45) is 3.32. The SMILES string of the molecule is COc1cc2c(cc1OC)C(=O)C(=Cc1cc(Br)c(OC)c(OC)c1)CC2. The van der Waals surface area contributed by atoms with Gasteiger partial charge in [-0.15, -0.1) is 0 Å². The van der Waals surface area contributed by atoms with Crippen LogP contribution in [0.2, 0.25) is 0 Å². The van der Waals surface area contributed by atoms with Crippen molar-refractivity contribution in [2.45, 2.75) is 12.8 Å². The zero-order chi connectivity index (χ0) is 19.6. The van der Waals surface area contributed by atoms with Crippen LogP contribution in [0.25, 0.3) is 6.08 Å². The quantitative estimate of drug-likeness (QED) is 0.641. The number of carbonyl (C=O) groups excluding carboxylic acids is 1. The standard InChI is InChI=1S/C21H21BrO5/c1-24-17-10-13-5-6-14(20(23)15(13)11-18(17)25-2)7-12-8-16(22)21(27-4)19(9-12)26-3/h7-11H,5-6H2,1-4H3. The van der Waals surface area contributed by atoms with Crippen molar-refractivity contribution in [3.8, 4) is 23.0 Å². The molecule has 0 N–H and O–H groups in total. The molecule has 0 aromatic heterocycles. The predicted molar refractivity (Wildman–Crippen MR) is 107 cm³/mol. The lowest BCUT2D eigenvalue weighted by Crippen LogP contribution is -2.14. The maximum Gasteiger partial charge on any atom is 0.189 e. The summed E-state index contributed by atoms with van der Waals surface area (Å²) in [5.74, 6) is 2.42. The molecule has 0 fully saturated rings. The molecule has 2 aromatic rings. The zero-order valence-corrected chi connectivity index (χ0v) is 17.3. The number of allylic oxidation sites excluding steroid dienone is 1. The van der Waals surface area contributed by atoms with Crippen molar-refractivity contribution in [1.82, 2.24) is 0 Å². The van der Waals surface area contributed by atoms with Gasteiger partial charge < -0.3 is 18.9 Å². The minimum atomic E-state index is 0.00288. The number of ether oxygens (including phenoxy) is 4. The van der Waals surface area contributed by atoms with Gasteiger partial charge in [0.05, 0.1) is 32.9 Å². The lowest BCUT2D eigenvalue weighted by molar-refractivity contribution is 0.102. The molecule has 142 valence electrons. The Morgan fingerprint density at radius 3 is 2.15 bits per heavy atom. The molecule has 0 spiro atoms. The van der Waals surface area contributed by atoms with Gasteiger partial charge in [-0.1, -0.05) is 0 Å². The molecule has 0 unspecified atom stereocenters. The lowest BCUT2D eigenvalue weighted by Gasteiger charge is -2.20.